The quantitative estimate of drug-likeness (QED) is 0.495. The van der Waals surface area contributed by atoms with E-state index in [-0.39, 0.29) is 0 Å². The maximum absolute atomic E-state index is 4.16. The lowest BCUT2D eigenvalue weighted by molar-refractivity contribution is 0.644. The van der Waals surface area contributed by atoms with Gasteiger partial charge in [0.15, 0.2) is 0 Å². The molecule has 2 nitrogen and oxygen atoms in total. The first-order chi connectivity index (χ1) is 4.63. The fourth-order valence-electron chi connectivity index (χ4n) is 0.813. The monoisotopic (exact) mass is 136 g/mol. The number of aliphatic imine (C=N–C) groups is 1. The van der Waals surface area contributed by atoms with Gasteiger partial charge in [0.1, 0.15) is 0 Å². The first-order valence-corrected chi connectivity index (χ1v) is 3.26. The summed E-state index contributed by atoms with van der Waals surface area (Å²) in [5.41, 5.74) is 3.26. The molecule has 0 aliphatic carbocycles. The van der Waals surface area contributed by atoms with E-state index in [1.165, 1.54) is 5.57 Å². The molecule has 0 radical (unpaired) electrons. The Bertz CT molecular complexity index is 223. The van der Waals surface area contributed by atoms with Crippen LogP contribution in [0.4, 0.5) is 0 Å². The third-order valence-corrected chi connectivity index (χ3v) is 1.83. The first kappa shape index (κ1) is 7.06. The molecule has 10 heavy (non-hydrogen) atoms. The number of likely N-dealkylation sites (N-methyl/N-ethyl adjacent to an activating group) is 1. The van der Waals surface area contributed by atoms with Gasteiger partial charge in [-0.15, -0.1) is 0 Å². The van der Waals surface area contributed by atoms with Crippen molar-refractivity contribution in [2.75, 3.05) is 7.05 Å². The Morgan fingerprint density at radius 3 is 2.60 bits per heavy atom. The van der Waals surface area contributed by atoms with E-state index >= 15 is 0 Å². The van der Waals surface area contributed by atoms with E-state index in [0.29, 0.717) is 0 Å². The molecular weight excluding hydrogens is 124 g/mol. The summed E-state index contributed by atoms with van der Waals surface area (Å²) in [4.78, 5) is 6.08. The smallest absolute Gasteiger partial charge is 0.0950 e. The van der Waals surface area contributed by atoms with Crippen LogP contribution in [0, 0.1) is 0 Å². The molecule has 0 saturated heterocycles. The maximum Gasteiger partial charge on any atom is 0.0950 e. The summed E-state index contributed by atoms with van der Waals surface area (Å²) < 4.78 is 0. The number of rotatable bonds is 0. The van der Waals surface area contributed by atoms with Crippen LogP contribution >= 0.6 is 0 Å². The normalized spacial score (nSPS) is 18.7. The van der Waals surface area contributed by atoms with Crippen molar-refractivity contribution in [1.82, 2.24) is 4.90 Å². The lowest BCUT2D eigenvalue weighted by atomic mass is 10.1. The highest BCUT2D eigenvalue weighted by Crippen LogP contribution is 2.18. The van der Waals surface area contributed by atoms with Crippen LogP contribution in [-0.4, -0.2) is 18.3 Å². The number of hydrogen-bond acceptors (Lipinski definition) is 2. The van der Waals surface area contributed by atoms with Gasteiger partial charge in [0, 0.05) is 18.4 Å². The van der Waals surface area contributed by atoms with Gasteiger partial charge in [0.05, 0.1) is 6.34 Å². The average Bonchev–Trinajstić information content (AvgIpc) is 1.93. The fourth-order valence-corrected chi connectivity index (χ4v) is 0.813. The highest BCUT2D eigenvalue weighted by molar-refractivity contribution is 5.64. The SMILES string of the molecule is C=C1C(C)=C(C)N=CN1C. The van der Waals surface area contributed by atoms with E-state index in [2.05, 4.69) is 11.6 Å². The fraction of sp³-hybridized carbons (Fsp3) is 0.375. The van der Waals surface area contributed by atoms with Crippen LogP contribution in [-0.2, 0) is 0 Å². The molecule has 0 atom stereocenters. The second kappa shape index (κ2) is 2.29. The summed E-state index contributed by atoms with van der Waals surface area (Å²) in [7, 11) is 1.95. The highest BCUT2D eigenvalue weighted by atomic mass is 15.1. The lowest BCUT2D eigenvalue weighted by Crippen LogP contribution is -2.19. The van der Waals surface area contributed by atoms with Crippen molar-refractivity contribution < 1.29 is 0 Å². The molecule has 0 saturated carbocycles. The molecule has 54 valence electrons. The second-order valence-corrected chi connectivity index (χ2v) is 2.51. The predicted octanol–water partition coefficient (Wildman–Crippen LogP) is 1.77. The van der Waals surface area contributed by atoms with Crippen molar-refractivity contribution in [2.45, 2.75) is 13.8 Å². The highest BCUT2D eigenvalue weighted by Gasteiger charge is 2.08. The zero-order valence-electron chi connectivity index (χ0n) is 6.68. The molecule has 2 heteroatoms. The topological polar surface area (TPSA) is 15.6 Å². The van der Waals surface area contributed by atoms with E-state index in [4.69, 9.17) is 0 Å². The summed E-state index contributed by atoms with van der Waals surface area (Å²) in [6.07, 6.45) is 1.78. The van der Waals surface area contributed by atoms with E-state index in [0.717, 1.165) is 11.4 Å². The molecule has 0 unspecified atom stereocenters. The summed E-state index contributed by atoms with van der Waals surface area (Å²) in [6.45, 7) is 7.93. The molecule has 0 bridgehead atoms. The molecule has 0 N–H and O–H groups in total. The summed E-state index contributed by atoms with van der Waals surface area (Å²) >= 11 is 0. The first-order valence-electron chi connectivity index (χ1n) is 3.26. The van der Waals surface area contributed by atoms with Crippen LogP contribution in [0.25, 0.3) is 0 Å². The molecule has 0 aromatic heterocycles. The minimum absolute atomic E-state index is 1.03. The van der Waals surface area contributed by atoms with Crippen molar-refractivity contribution in [3.05, 3.63) is 23.5 Å². The van der Waals surface area contributed by atoms with Gasteiger partial charge in [-0.05, 0) is 19.4 Å². The Labute approximate surface area is 61.6 Å². The molecule has 0 fully saturated rings. The molecular formula is C8H12N2. The van der Waals surface area contributed by atoms with Gasteiger partial charge in [-0.2, -0.15) is 0 Å². The Hall–Kier alpha value is -1.05. The molecule has 1 rings (SSSR count). The van der Waals surface area contributed by atoms with E-state index in [1.54, 1.807) is 6.34 Å². The summed E-state index contributed by atoms with van der Waals surface area (Å²) in [5, 5.41) is 0. The molecule has 1 heterocycles. The zero-order valence-corrected chi connectivity index (χ0v) is 6.68. The van der Waals surface area contributed by atoms with E-state index < -0.39 is 0 Å². The molecule has 0 spiro atoms. The summed E-state index contributed by atoms with van der Waals surface area (Å²) in [5.74, 6) is 0. The Morgan fingerprint density at radius 2 is 2.10 bits per heavy atom. The molecule has 0 aromatic carbocycles. The van der Waals surface area contributed by atoms with Crippen molar-refractivity contribution in [2.24, 2.45) is 4.99 Å². The minimum atomic E-state index is 1.03. The van der Waals surface area contributed by atoms with Gasteiger partial charge in [0.2, 0.25) is 0 Å². The number of allylic oxidation sites excluding steroid dienone is 2. The predicted molar refractivity (Wildman–Crippen MR) is 43.8 cm³/mol. The van der Waals surface area contributed by atoms with Crippen LogP contribution in [0.15, 0.2) is 28.5 Å². The van der Waals surface area contributed by atoms with Gasteiger partial charge in [-0.1, -0.05) is 6.58 Å². The minimum Gasteiger partial charge on any atom is -0.336 e. The Kier molecular flexibility index (Phi) is 1.62. The van der Waals surface area contributed by atoms with Crippen LogP contribution in [0.1, 0.15) is 13.8 Å². The van der Waals surface area contributed by atoms with Crippen molar-refractivity contribution in [3.63, 3.8) is 0 Å². The standard InChI is InChI=1S/C8H12N2/c1-6-7(2)9-5-10(4)8(6)3/h5H,3H2,1-2,4H3. The molecule has 0 aromatic rings. The van der Waals surface area contributed by atoms with Gasteiger partial charge >= 0.3 is 0 Å². The van der Waals surface area contributed by atoms with E-state index in [9.17, 15) is 0 Å². The van der Waals surface area contributed by atoms with Gasteiger partial charge in [-0.3, -0.25) is 0 Å². The van der Waals surface area contributed by atoms with Crippen molar-refractivity contribution in [1.29, 1.82) is 0 Å². The van der Waals surface area contributed by atoms with E-state index in [1.807, 2.05) is 25.8 Å². The largest absolute Gasteiger partial charge is 0.336 e. The van der Waals surface area contributed by atoms with Crippen LogP contribution < -0.4 is 0 Å². The lowest BCUT2D eigenvalue weighted by Gasteiger charge is -2.21. The molecule has 0 amide bonds. The second-order valence-electron chi connectivity index (χ2n) is 2.51. The average molecular weight is 136 g/mol. The van der Waals surface area contributed by atoms with Gasteiger partial charge in [-0.25, -0.2) is 4.99 Å². The zero-order chi connectivity index (χ0) is 7.72. The van der Waals surface area contributed by atoms with Crippen LogP contribution in [0.3, 0.4) is 0 Å². The summed E-state index contributed by atoms with van der Waals surface area (Å²) in [6, 6.07) is 0. The molecule has 1 aliphatic rings. The van der Waals surface area contributed by atoms with Gasteiger partial charge in [0.25, 0.3) is 0 Å². The maximum atomic E-state index is 4.16. The van der Waals surface area contributed by atoms with Crippen molar-refractivity contribution in [3.8, 4) is 0 Å². The molecule has 1 aliphatic heterocycles. The Morgan fingerprint density at radius 1 is 1.50 bits per heavy atom. The number of hydrogen-bond donors (Lipinski definition) is 0. The van der Waals surface area contributed by atoms with Crippen molar-refractivity contribution >= 4 is 6.34 Å². The van der Waals surface area contributed by atoms with Crippen LogP contribution in [0.5, 0.6) is 0 Å². The Balaban J connectivity index is 3.00. The number of nitrogens with zero attached hydrogens (tertiary/aromatic N) is 2. The third kappa shape index (κ3) is 0.967. The van der Waals surface area contributed by atoms with Crippen LogP contribution in [0.2, 0.25) is 0 Å². The third-order valence-electron chi connectivity index (χ3n) is 1.83. The van der Waals surface area contributed by atoms with Gasteiger partial charge < -0.3 is 4.90 Å².